The number of nitrogens with one attached hydrogen (secondary N) is 1. The molecule has 1 amide bonds. The first-order valence-electron chi connectivity index (χ1n) is 9.72. The fourth-order valence-corrected chi connectivity index (χ4v) is 4.43. The molecule has 1 heterocycles. The van der Waals surface area contributed by atoms with Gasteiger partial charge in [-0.1, -0.05) is 29.5 Å². The normalized spacial score (nSPS) is 10.7. The summed E-state index contributed by atoms with van der Waals surface area (Å²) in [6.07, 6.45) is 0. The Balaban J connectivity index is 1.54. The third-order valence-corrected chi connectivity index (χ3v) is 6.40. The van der Waals surface area contributed by atoms with Crippen LogP contribution in [0.5, 0.6) is 0 Å². The van der Waals surface area contributed by atoms with Gasteiger partial charge in [-0.25, -0.2) is 4.79 Å². The van der Waals surface area contributed by atoms with E-state index in [1.807, 2.05) is 11.5 Å². The number of amides is 1. The maximum Gasteiger partial charge on any atom is 0.337 e. The molecule has 0 fully saturated rings. The van der Waals surface area contributed by atoms with Gasteiger partial charge >= 0.3 is 5.97 Å². The van der Waals surface area contributed by atoms with Crippen LogP contribution < -0.4 is 5.32 Å². The largest absolute Gasteiger partial charge is 0.465 e. The first kappa shape index (κ1) is 22.9. The summed E-state index contributed by atoms with van der Waals surface area (Å²) in [5.74, 6) is 1.24. The highest BCUT2D eigenvalue weighted by Gasteiger charge is 2.14. The molecule has 0 aliphatic heterocycles. The smallest absolute Gasteiger partial charge is 0.337 e. The number of benzene rings is 2. The maximum absolute atomic E-state index is 12.3. The van der Waals surface area contributed by atoms with Crippen LogP contribution in [0.4, 0.5) is 5.69 Å². The molecule has 31 heavy (non-hydrogen) atoms. The van der Waals surface area contributed by atoms with Gasteiger partial charge in [0.15, 0.2) is 5.16 Å². The zero-order valence-corrected chi connectivity index (χ0v) is 19.3. The van der Waals surface area contributed by atoms with Gasteiger partial charge in [0.2, 0.25) is 5.91 Å². The summed E-state index contributed by atoms with van der Waals surface area (Å²) in [6, 6.07) is 15.0. The molecule has 0 atom stereocenters. The van der Waals surface area contributed by atoms with Gasteiger partial charge in [0, 0.05) is 17.1 Å². The molecule has 0 saturated heterocycles. The predicted molar refractivity (Wildman–Crippen MR) is 124 cm³/mol. The number of carbonyl (C=O) groups is 2. The van der Waals surface area contributed by atoms with E-state index in [9.17, 15) is 9.59 Å². The van der Waals surface area contributed by atoms with E-state index < -0.39 is 5.97 Å². The van der Waals surface area contributed by atoms with Gasteiger partial charge in [0.05, 0.1) is 24.2 Å². The van der Waals surface area contributed by atoms with E-state index in [4.69, 9.17) is 0 Å². The van der Waals surface area contributed by atoms with Crippen molar-refractivity contribution in [1.82, 2.24) is 14.8 Å². The van der Waals surface area contributed by atoms with Crippen LogP contribution in [0, 0.1) is 6.92 Å². The second kappa shape index (κ2) is 11.0. The number of nitrogens with zero attached hydrogens (tertiary/aromatic N) is 3. The molecule has 0 spiro atoms. The molecule has 0 radical (unpaired) electrons. The molecule has 0 aliphatic rings. The molecule has 0 saturated carbocycles. The molecule has 1 N–H and O–H groups in total. The second-order valence-corrected chi connectivity index (χ2v) is 8.64. The predicted octanol–water partition coefficient (Wildman–Crippen LogP) is 4.42. The minimum absolute atomic E-state index is 0.156. The number of ether oxygens (including phenoxy) is 1. The fourth-order valence-electron chi connectivity index (χ4n) is 2.77. The van der Waals surface area contributed by atoms with Crippen LogP contribution in [0.3, 0.4) is 0 Å². The summed E-state index contributed by atoms with van der Waals surface area (Å²) in [7, 11) is 1.33. The number of esters is 1. The summed E-state index contributed by atoms with van der Waals surface area (Å²) in [4.78, 5) is 25.0. The average molecular weight is 457 g/mol. The van der Waals surface area contributed by atoms with E-state index in [1.54, 1.807) is 36.0 Å². The minimum Gasteiger partial charge on any atom is -0.465 e. The third-order valence-electron chi connectivity index (χ3n) is 4.42. The van der Waals surface area contributed by atoms with E-state index in [2.05, 4.69) is 51.4 Å². The third kappa shape index (κ3) is 6.35. The Morgan fingerprint density at radius 2 is 1.74 bits per heavy atom. The highest BCUT2D eigenvalue weighted by atomic mass is 32.2. The molecule has 7 nitrogen and oxygen atoms in total. The Labute approximate surface area is 190 Å². The number of carbonyl (C=O) groups excluding carboxylic acids is 2. The highest BCUT2D eigenvalue weighted by molar-refractivity contribution is 7.99. The van der Waals surface area contributed by atoms with E-state index >= 15 is 0 Å². The van der Waals surface area contributed by atoms with Crippen molar-refractivity contribution in [2.45, 2.75) is 36.2 Å². The summed E-state index contributed by atoms with van der Waals surface area (Å²) in [5.41, 5.74) is 2.28. The number of aromatic nitrogens is 3. The van der Waals surface area contributed by atoms with Gasteiger partial charge in [-0.2, -0.15) is 0 Å². The maximum atomic E-state index is 12.3. The molecule has 3 aromatic rings. The molecule has 0 aliphatic carbocycles. The van der Waals surface area contributed by atoms with Crippen molar-refractivity contribution < 1.29 is 14.3 Å². The number of hydrogen-bond donors (Lipinski definition) is 1. The fraction of sp³-hybridized carbons (Fsp3) is 0.273. The van der Waals surface area contributed by atoms with Gasteiger partial charge in [0.25, 0.3) is 0 Å². The van der Waals surface area contributed by atoms with E-state index in [0.717, 1.165) is 17.5 Å². The Bertz CT molecular complexity index is 1030. The Kier molecular flexibility index (Phi) is 8.13. The molecule has 9 heteroatoms. The lowest BCUT2D eigenvalue weighted by Crippen LogP contribution is -2.15. The van der Waals surface area contributed by atoms with Crippen molar-refractivity contribution in [2.75, 3.05) is 18.2 Å². The number of rotatable bonds is 9. The quantitative estimate of drug-likeness (QED) is 0.377. The summed E-state index contributed by atoms with van der Waals surface area (Å²) in [6.45, 7) is 4.84. The number of aryl methyl sites for hydroxylation is 1. The lowest BCUT2D eigenvalue weighted by atomic mass is 10.2. The topological polar surface area (TPSA) is 86.1 Å². The zero-order chi connectivity index (χ0) is 22.2. The number of hydrogen-bond acceptors (Lipinski definition) is 7. The Morgan fingerprint density at radius 3 is 2.39 bits per heavy atom. The SMILES string of the molecule is CCn1c(CSc2ccc(C)cc2)nnc1SCC(=O)Nc1ccc(C(=O)OC)cc1. The van der Waals surface area contributed by atoms with Crippen LogP contribution in [0.1, 0.15) is 28.7 Å². The van der Waals surface area contributed by atoms with Gasteiger partial charge in [-0.05, 0) is 50.2 Å². The van der Waals surface area contributed by atoms with E-state index in [0.29, 0.717) is 17.0 Å². The molecule has 0 unspecified atom stereocenters. The standard InChI is InChI=1S/C22H24N4O3S2/c1-4-26-19(13-30-18-11-5-15(2)6-12-18)24-25-22(26)31-14-20(27)23-17-9-7-16(8-10-17)21(28)29-3/h5-12H,4,13-14H2,1-3H3,(H,23,27). The van der Waals surface area contributed by atoms with E-state index in [-0.39, 0.29) is 11.7 Å². The lowest BCUT2D eigenvalue weighted by molar-refractivity contribution is -0.113. The lowest BCUT2D eigenvalue weighted by Gasteiger charge is -2.08. The number of thioether (sulfide) groups is 2. The van der Waals surface area contributed by atoms with Crippen molar-refractivity contribution in [3.8, 4) is 0 Å². The van der Waals surface area contributed by atoms with Crippen molar-refractivity contribution in [2.24, 2.45) is 0 Å². The van der Waals surface area contributed by atoms with Crippen LogP contribution in [-0.2, 0) is 21.8 Å². The molecule has 0 bridgehead atoms. The summed E-state index contributed by atoms with van der Waals surface area (Å²) in [5, 5.41) is 12.1. The summed E-state index contributed by atoms with van der Waals surface area (Å²) >= 11 is 3.06. The molecule has 2 aromatic carbocycles. The Morgan fingerprint density at radius 1 is 1.03 bits per heavy atom. The monoisotopic (exact) mass is 456 g/mol. The zero-order valence-electron chi connectivity index (χ0n) is 17.6. The first-order valence-corrected chi connectivity index (χ1v) is 11.7. The van der Waals surface area contributed by atoms with Gasteiger partial charge in [-0.15, -0.1) is 22.0 Å². The highest BCUT2D eigenvalue weighted by Crippen LogP contribution is 2.25. The molecule has 1 aromatic heterocycles. The van der Waals surface area contributed by atoms with Crippen molar-refractivity contribution >= 4 is 41.1 Å². The molecule has 3 rings (SSSR count). The number of methoxy groups -OCH3 is 1. The van der Waals surface area contributed by atoms with Crippen molar-refractivity contribution in [3.63, 3.8) is 0 Å². The summed E-state index contributed by atoms with van der Waals surface area (Å²) < 4.78 is 6.70. The average Bonchev–Trinajstić information content (AvgIpc) is 3.19. The van der Waals surface area contributed by atoms with Crippen LogP contribution in [-0.4, -0.2) is 39.5 Å². The molecular formula is C22H24N4O3S2. The first-order chi connectivity index (χ1) is 15.0. The second-order valence-electron chi connectivity index (χ2n) is 6.65. The van der Waals surface area contributed by atoms with Crippen LogP contribution in [0.15, 0.2) is 58.6 Å². The Hall–Kier alpha value is -2.78. The van der Waals surface area contributed by atoms with Gasteiger partial charge in [0.1, 0.15) is 5.82 Å². The van der Waals surface area contributed by atoms with Crippen LogP contribution in [0.25, 0.3) is 0 Å². The van der Waals surface area contributed by atoms with Crippen molar-refractivity contribution in [1.29, 1.82) is 0 Å². The van der Waals surface area contributed by atoms with E-state index in [1.165, 1.54) is 29.3 Å². The van der Waals surface area contributed by atoms with Gasteiger partial charge < -0.3 is 14.6 Å². The molecule has 162 valence electrons. The van der Waals surface area contributed by atoms with Gasteiger partial charge in [-0.3, -0.25) is 4.79 Å². The molecular weight excluding hydrogens is 432 g/mol. The minimum atomic E-state index is -0.413. The van der Waals surface area contributed by atoms with Crippen molar-refractivity contribution in [3.05, 3.63) is 65.5 Å². The van der Waals surface area contributed by atoms with Crippen LogP contribution >= 0.6 is 23.5 Å². The number of anilines is 1. The van der Waals surface area contributed by atoms with Crippen LogP contribution in [0.2, 0.25) is 0 Å².